The molecular formula is C22H26N2O2. The summed E-state index contributed by atoms with van der Waals surface area (Å²) in [6.07, 6.45) is 1.39. The molecule has 0 saturated carbocycles. The fourth-order valence-electron chi connectivity index (χ4n) is 3.80. The molecule has 0 fully saturated rings. The van der Waals surface area contributed by atoms with E-state index in [1.165, 1.54) is 5.56 Å². The van der Waals surface area contributed by atoms with Crippen LogP contribution >= 0.6 is 0 Å². The highest BCUT2D eigenvalue weighted by atomic mass is 16.2. The van der Waals surface area contributed by atoms with Crippen LogP contribution in [-0.2, 0) is 17.8 Å². The maximum atomic E-state index is 12.8. The Hall–Kier alpha value is -2.62. The second-order valence-electron chi connectivity index (χ2n) is 7.13. The van der Waals surface area contributed by atoms with Crippen molar-refractivity contribution in [3.05, 3.63) is 63.7 Å². The molecule has 0 atom stereocenters. The van der Waals surface area contributed by atoms with Gasteiger partial charge >= 0.3 is 0 Å². The van der Waals surface area contributed by atoms with E-state index in [2.05, 4.69) is 11.4 Å². The second kappa shape index (κ2) is 7.32. The van der Waals surface area contributed by atoms with E-state index in [4.69, 9.17) is 0 Å². The van der Waals surface area contributed by atoms with E-state index in [-0.39, 0.29) is 11.8 Å². The fourth-order valence-corrected chi connectivity index (χ4v) is 3.80. The van der Waals surface area contributed by atoms with Crippen LogP contribution in [0.1, 0.15) is 51.5 Å². The van der Waals surface area contributed by atoms with Crippen LogP contribution in [0, 0.1) is 20.8 Å². The monoisotopic (exact) mass is 350 g/mol. The van der Waals surface area contributed by atoms with Gasteiger partial charge in [-0.25, -0.2) is 0 Å². The lowest BCUT2D eigenvalue weighted by atomic mass is 9.97. The van der Waals surface area contributed by atoms with Crippen LogP contribution in [0.5, 0.6) is 0 Å². The molecule has 2 amide bonds. The van der Waals surface area contributed by atoms with Gasteiger partial charge < -0.3 is 10.2 Å². The molecule has 1 aliphatic rings. The molecule has 2 aromatic rings. The molecule has 1 N–H and O–H groups in total. The standard InChI is InChI=1S/C22H26N2O2/c1-5-20(25)24-9-8-17-6-7-19(12-18(17)13-24)23-22(26)21-15(3)10-14(2)11-16(21)4/h6-7,10-12H,5,8-9,13H2,1-4H3,(H,23,26). The van der Waals surface area contributed by atoms with Crippen LogP contribution in [0.4, 0.5) is 5.69 Å². The quantitative estimate of drug-likeness (QED) is 0.904. The number of fused-ring (bicyclic) bond motifs is 1. The molecule has 0 radical (unpaired) electrons. The van der Waals surface area contributed by atoms with Gasteiger partial charge in [0.25, 0.3) is 5.91 Å². The molecule has 4 heteroatoms. The molecule has 0 aliphatic carbocycles. The van der Waals surface area contributed by atoms with Crippen molar-refractivity contribution in [1.82, 2.24) is 4.90 Å². The largest absolute Gasteiger partial charge is 0.338 e. The van der Waals surface area contributed by atoms with Crippen LogP contribution in [0.2, 0.25) is 0 Å². The molecule has 4 nitrogen and oxygen atoms in total. The fraction of sp³-hybridized carbons (Fsp3) is 0.364. The minimum atomic E-state index is -0.0859. The number of rotatable bonds is 3. The molecule has 3 rings (SSSR count). The Balaban J connectivity index is 1.82. The van der Waals surface area contributed by atoms with Gasteiger partial charge in [-0.05, 0) is 61.6 Å². The average Bonchev–Trinajstić information content (AvgIpc) is 2.59. The van der Waals surface area contributed by atoms with Gasteiger partial charge in [0, 0.05) is 30.8 Å². The highest BCUT2D eigenvalue weighted by molar-refractivity contribution is 6.06. The number of carbonyl (C=O) groups excluding carboxylic acids is 2. The van der Waals surface area contributed by atoms with E-state index < -0.39 is 0 Å². The Morgan fingerprint density at radius 1 is 1.04 bits per heavy atom. The number of benzene rings is 2. The first-order chi connectivity index (χ1) is 12.4. The summed E-state index contributed by atoms with van der Waals surface area (Å²) in [7, 11) is 0. The minimum Gasteiger partial charge on any atom is -0.338 e. The molecule has 0 saturated heterocycles. The summed E-state index contributed by atoms with van der Waals surface area (Å²) in [5.41, 5.74) is 7.01. The number of nitrogens with zero attached hydrogens (tertiary/aromatic N) is 1. The highest BCUT2D eigenvalue weighted by Crippen LogP contribution is 2.24. The Morgan fingerprint density at radius 3 is 2.38 bits per heavy atom. The number of nitrogens with one attached hydrogen (secondary N) is 1. The van der Waals surface area contributed by atoms with Crippen molar-refractivity contribution in [2.24, 2.45) is 0 Å². The van der Waals surface area contributed by atoms with Gasteiger partial charge in [-0.3, -0.25) is 9.59 Å². The third-order valence-corrected chi connectivity index (χ3v) is 5.04. The lowest BCUT2D eigenvalue weighted by Gasteiger charge is -2.29. The van der Waals surface area contributed by atoms with Gasteiger partial charge in [-0.15, -0.1) is 0 Å². The molecular weight excluding hydrogens is 324 g/mol. The van der Waals surface area contributed by atoms with Crippen molar-refractivity contribution in [2.75, 3.05) is 11.9 Å². The Morgan fingerprint density at radius 2 is 1.73 bits per heavy atom. The molecule has 0 spiro atoms. The average molecular weight is 350 g/mol. The van der Waals surface area contributed by atoms with Crippen molar-refractivity contribution >= 4 is 17.5 Å². The lowest BCUT2D eigenvalue weighted by Crippen LogP contribution is -2.35. The number of hydrogen-bond donors (Lipinski definition) is 1. The molecule has 0 bridgehead atoms. The van der Waals surface area contributed by atoms with Crippen molar-refractivity contribution in [1.29, 1.82) is 0 Å². The summed E-state index contributed by atoms with van der Waals surface area (Å²) in [5.74, 6) is 0.0910. The van der Waals surface area contributed by atoms with Gasteiger partial charge in [-0.1, -0.05) is 30.7 Å². The number of anilines is 1. The van der Waals surface area contributed by atoms with Crippen LogP contribution in [-0.4, -0.2) is 23.3 Å². The molecule has 0 aromatic heterocycles. The van der Waals surface area contributed by atoms with E-state index in [1.54, 1.807) is 0 Å². The maximum Gasteiger partial charge on any atom is 0.256 e. The lowest BCUT2D eigenvalue weighted by molar-refractivity contribution is -0.131. The molecule has 136 valence electrons. The van der Waals surface area contributed by atoms with Crippen LogP contribution in [0.15, 0.2) is 30.3 Å². The first-order valence-electron chi connectivity index (χ1n) is 9.17. The second-order valence-corrected chi connectivity index (χ2v) is 7.13. The van der Waals surface area contributed by atoms with Gasteiger partial charge in [0.2, 0.25) is 5.91 Å². The van der Waals surface area contributed by atoms with Gasteiger partial charge in [0.05, 0.1) is 0 Å². The van der Waals surface area contributed by atoms with Crippen LogP contribution < -0.4 is 5.32 Å². The summed E-state index contributed by atoms with van der Waals surface area (Å²) >= 11 is 0. The first kappa shape index (κ1) is 18.2. The zero-order chi connectivity index (χ0) is 18.8. The van der Waals surface area contributed by atoms with E-state index in [0.717, 1.165) is 46.5 Å². The van der Waals surface area contributed by atoms with Crippen molar-refractivity contribution < 1.29 is 9.59 Å². The third-order valence-electron chi connectivity index (χ3n) is 5.04. The summed E-state index contributed by atoms with van der Waals surface area (Å²) in [6.45, 7) is 9.25. The van der Waals surface area contributed by atoms with E-state index in [0.29, 0.717) is 13.0 Å². The smallest absolute Gasteiger partial charge is 0.256 e. The first-order valence-corrected chi connectivity index (χ1v) is 9.17. The third kappa shape index (κ3) is 3.64. The molecule has 1 aliphatic heterocycles. The zero-order valence-corrected chi connectivity index (χ0v) is 16.0. The predicted octanol–water partition coefficient (Wildman–Crippen LogP) is 4.16. The van der Waals surface area contributed by atoms with E-state index >= 15 is 0 Å². The molecule has 1 heterocycles. The molecule has 26 heavy (non-hydrogen) atoms. The summed E-state index contributed by atoms with van der Waals surface area (Å²) in [4.78, 5) is 26.7. The highest BCUT2D eigenvalue weighted by Gasteiger charge is 2.20. The Labute approximate surface area is 155 Å². The number of carbonyl (C=O) groups is 2. The van der Waals surface area contributed by atoms with E-state index in [9.17, 15) is 9.59 Å². The van der Waals surface area contributed by atoms with Gasteiger partial charge in [-0.2, -0.15) is 0 Å². The van der Waals surface area contributed by atoms with Gasteiger partial charge in [0.15, 0.2) is 0 Å². The maximum absolute atomic E-state index is 12.8. The van der Waals surface area contributed by atoms with E-state index in [1.807, 2.05) is 56.9 Å². The van der Waals surface area contributed by atoms with Crippen molar-refractivity contribution in [3.63, 3.8) is 0 Å². The SMILES string of the molecule is CCC(=O)N1CCc2ccc(NC(=O)c3c(C)cc(C)cc3C)cc2C1. The number of hydrogen-bond acceptors (Lipinski definition) is 2. The molecule has 0 unspecified atom stereocenters. The van der Waals surface area contributed by atoms with Crippen molar-refractivity contribution in [3.8, 4) is 0 Å². The van der Waals surface area contributed by atoms with Crippen molar-refractivity contribution in [2.45, 2.75) is 47.1 Å². The topological polar surface area (TPSA) is 49.4 Å². The zero-order valence-electron chi connectivity index (χ0n) is 16.0. The Bertz CT molecular complexity index is 847. The van der Waals surface area contributed by atoms with Crippen LogP contribution in [0.3, 0.4) is 0 Å². The van der Waals surface area contributed by atoms with Gasteiger partial charge in [0.1, 0.15) is 0 Å². The predicted molar refractivity (Wildman–Crippen MR) is 104 cm³/mol. The minimum absolute atomic E-state index is 0.0859. The molecule has 2 aromatic carbocycles. The summed E-state index contributed by atoms with van der Waals surface area (Å²) in [6, 6.07) is 10.1. The normalized spacial score (nSPS) is 13.3. The number of amides is 2. The van der Waals surface area contributed by atoms with Crippen LogP contribution in [0.25, 0.3) is 0 Å². The number of aryl methyl sites for hydroxylation is 3. The summed E-state index contributed by atoms with van der Waals surface area (Å²) in [5, 5.41) is 3.03. The Kier molecular flexibility index (Phi) is 5.12. The summed E-state index contributed by atoms with van der Waals surface area (Å²) < 4.78 is 0.